The Morgan fingerprint density at radius 2 is 1.93 bits per heavy atom. The van der Waals surface area contributed by atoms with Gasteiger partial charge in [0.2, 0.25) is 0 Å². The van der Waals surface area contributed by atoms with E-state index in [1.165, 1.54) is 0 Å². The molecule has 27 heavy (non-hydrogen) atoms. The Kier molecular flexibility index (Phi) is 4.09. The number of benzene rings is 2. The van der Waals surface area contributed by atoms with E-state index < -0.39 is 0 Å². The highest BCUT2D eigenvalue weighted by molar-refractivity contribution is 9.11. The number of nitrogens with zero attached hydrogens (tertiary/aromatic N) is 1. The second kappa shape index (κ2) is 6.38. The van der Waals surface area contributed by atoms with Gasteiger partial charge in [-0.05, 0) is 71.9 Å². The number of anilines is 1. The van der Waals surface area contributed by atoms with Gasteiger partial charge in [-0.15, -0.1) is 0 Å². The Hall–Kier alpha value is -1.79. The summed E-state index contributed by atoms with van der Waals surface area (Å²) in [5.41, 5.74) is 5.64. The van der Waals surface area contributed by atoms with Crippen LogP contribution in [0.1, 0.15) is 28.7 Å². The van der Waals surface area contributed by atoms with Crippen LogP contribution in [-0.2, 0) is 19.4 Å². The van der Waals surface area contributed by atoms with Crippen molar-refractivity contribution in [3.8, 4) is 5.75 Å². The predicted octanol–water partition coefficient (Wildman–Crippen LogP) is 5.47. The average molecular weight is 491 g/mol. The number of aryl methyl sites for hydroxylation is 2. The number of halogens is 2. The maximum absolute atomic E-state index is 12.3. The van der Waals surface area contributed by atoms with Crippen molar-refractivity contribution >= 4 is 48.5 Å². The second-order valence-corrected chi connectivity index (χ2v) is 8.90. The van der Waals surface area contributed by atoms with Gasteiger partial charge in [-0.25, -0.2) is 4.79 Å². The summed E-state index contributed by atoms with van der Waals surface area (Å²) in [5.74, 6) is 0.841. The molecule has 0 N–H and O–H groups in total. The molecule has 0 bridgehead atoms. The second-order valence-electron chi connectivity index (χ2n) is 7.13. The van der Waals surface area contributed by atoms with E-state index in [1.54, 1.807) is 0 Å². The number of ether oxygens (including phenoxy) is 1. The van der Waals surface area contributed by atoms with E-state index in [1.807, 2.05) is 19.1 Å². The molecule has 0 radical (unpaired) electrons. The molecular weight excluding hydrogens is 474 g/mol. The van der Waals surface area contributed by atoms with Crippen LogP contribution < -0.4 is 15.3 Å². The Balaban J connectivity index is 1.64. The Morgan fingerprint density at radius 1 is 1.11 bits per heavy atom. The van der Waals surface area contributed by atoms with Crippen molar-refractivity contribution in [2.45, 2.75) is 32.7 Å². The summed E-state index contributed by atoms with van der Waals surface area (Å²) >= 11 is 7.15. The first-order chi connectivity index (χ1) is 13.0. The van der Waals surface area contributed by atoms with E-state index >= 15 is 0 Å². The molecule has 6 heteroatoms. The zero-order valence-electron chi connectivity index (χ0n) is 14.8. The average Bonchev–Trinajstić information content (AvgIpc) is 3.13. The lowest BCUT2D eigenvalue weighted by Crippen LogP contribution is -2.32. The van der Waals surface area contributed by atoms with Gasteiger partial charge in [0.25, 0.3) is 0 Å². The van der Waals surface area contributed by atoms with Gasteiger partial charge in [0.1, 0.15) is 11.3 Å². The number of hydrogen-bond donors (Lipinski definition) is 0. The maximum Gasteiger partial charge on any atom is 0.339 e. The standard InChI is InChI=1S/C21H17Br2NO3/c1-11-19-12(7-16-14-3-2-4-15(14)21(25)27-20(11)16)9-24(10-26-19)18-6-5-13(22)8-17(18)23/h5-8H,2-4,9-10H2,1H3. The lowest BCUT2D eigenvalue weighted by atomic mass is 9.99. The summed E-state index contributed by atoms with van der Waals surface area (Å²) in [4.78, 5) is 14.5. The SMILES string of the molecule is Cc1c2c(cc3c4c(c(=O)oc13)CCC4)CN(c1ccc(Br)cc1Br)CO2. The van der Waals surface area contributed by atoms with E-state index in [2.05, 4.69) is 48.9 Å². The van der Waals surface area contributed by atoms with Crippen molar-refractivity contribution in [1.29, 1.82) is 0 Å². The molecule has 3 aromatic rings. The van der Waals surface area contributed by atoms with E-state index in [0.717, 1.165) is 73.8 Å². The first kappa shape index (κ1) is 17.3. The van der Waals surface area contributed by atoms with E-state index in [0.29, 0.717) is 12.3 Å². The van der Waals surface area contributed by atoms with Gasteiger partial charge < -0.3 is 14.1 Å². The van der Waals surface area contributed by atoms with Crippen LogP contribution in [0.4, 0.5) is 5.69 Å². The zero-order valence-corrected chi connectivity index (χ0v) is 17.9. The van der Waals surface area contributed by atoms with Crippen molar-refractivity contribution in [3.63, 3.8) is 0 Å². The van der Waals surface area contributed by atoms with Crippen molar-refractivity contribution in [3.05, 3.63) is 65.9 Å². The van der Waals surface area contributed by atoms with Crippen molar-refractivity contribution in [2.75, 3.05) is 11.6 Å². The molecule has 138 valence electrons. The number of fused-ring (bicyclic) bond motifs is 4. The lowest BCUT2D eigenvalue weighted by Gasteiger charge is -2.32. The molecule has 0 saturated carbocycles. The summed E-state index contributed by atoms with van der Waals surface area (Å²) in [6, 6.07) is 8.30. The molecule has 1 aliphatic carbocycles. The summed E-state index contributed by atoms with van der Waals surface area (Å²) in [7, 11) is 0. The summed E-state index contributed by atoms with van der Waals surface area (Å²) in [6.07, 6.45) is 2.78. The molecule has 0 saturated heterocycles. The van der Waals surface area contributed by atoms with Gasteiger partial charge in [-0.2, -0.15) is 0 Å². The Labute approximate surface area is 173 Å². The largest absolute Gasteiger partial charge is 0.472 e. The van der Waals surface area contributed by atoms with Crippen molar-refractivity contribution in [2.24, 2.45) is 0 Å². The molecule has 0 amide bonds. The van der Waals surface area contributed by atoms with Gasteiger partial charge in [0.05, 0.1) is 5.69 Å². The third kappa shape index (κ3) is 2.72. The third-order valence-electron chi connectivity index (χ3n) is 5.50. The Bertz CT molecular complexity index is 1150. The molecule has 1 aromatic heterocycles. The molecular formula is C21H17Br2NO3. The summed E-state index contributed by atoms with van der Waals surface area (Å²) in [5, 5.41) is 1.07. The highest BCUT2D eigenvalue weighted by Gasteiger charge is 2.26. The maximum atomic E-state index is 12.3. The third-order valence-corrected chi connectivity index (χ3v) is 6.62. The first-order valence-corrected chi connectivity index (χ1v) is 10.6. The van der Waals surface area contributed by atoms with Crippen LogP contribution in [0.2, 0.25) is 0 Å². The summed E-state index contributed by atoms with van der Waals surface area (Å²) in [6.45, 7) is 3.19. The summed E-state index contributed by atoms with van der Waals surface area (Å²) < 4.78 is 13.8. The minimum absolute atomic E-state index is 0.186. The van der Waals surface area contributed by atoms with Crippen LogP contribution in [0.3, 0.4) is 0 Å². The normalized spacial score (nSPS) is 15.6. The molecule has 4 nitrogen and oxygen atoms in total. The molecule has 0 spiro atoms. The van der Waals surface area contributed by atoms with Crippen LogP contribution in [0.5, 0.6) is 5.75 Å². The minimum Gasteiger partial charge on any atom is -0.472 e. The quantitative estimate of drug-likeness (QED) is 0.424. The van der Waals surface area contributed by atoms with Gasteiger partial charge >= 0.3 is 5.63 Å². The lowest BCUT2D eigenvalue weighted by molar-refractivity contribution is 0.287. The number of hydrogen-bond acceptors (Lipinski definition) is 4. The molecule has 0 fully saturated rings. The highest BCUT2D eigenvalue weighted by Crippen LogP contribution is 2.40. The molecule has 2 aliphatic rings. The monoisotopic (exact) mass is 489 g/mol. The molecule has 5 rings (SSSR count). The van der Waals surface area contributed by atoms with E-state index in [4.69, 9.17) is 9.15 Å². The van der Waals surface area contributed by atoms with Crippen LogP contribution in [0, 0.1) is 6.92 Å². The Morgan fingerprint density at radius 3 is 2.74 bits per heavy atom. The highest BCUT2D eigenvalue weighted by atomic mass is 79.9. The molecule has 1 aliphatic heterocycles. The zero-order chi connectivity index (χ0) is 18.7. The fraction of sp³-hybridized carbons (Fsp3) is 0.286. The van der Waals surface area contributed by atoms with Crippen molar-refractivity contribution < 1.29 is 9.15 Å². The molecule has 2 heterocycles. The first-order valence-electron chi connectivity index (χ1n) is 8.97. The van der Waals surface area contributed by atoms with Crippen LogP contribution in [-0.4, -0.2) is 6.73 Å². The van der Waals surface area contributed by atoms with Gasteiger partial charge in [0, 0.05) is 37.6 Å². The topological polar surface area (TPSA) is 42.7 Å². The van der Waals surface area contributed by atoms with Gasteiger partial charge in [-0.1, -0.05) is 15.9 Å². The van der Waals surface area contributed by atoms with Gasteiger partial charge in [-0.3, -0.25) is 0 Å². The van der Waals surface area contributed by atoms with Crippen LogP contribution >= 0.6 is 31.9 Å². The molecule has 0 atom stereocenters. The number of rotatable bonds is 1. The van der Waals surface area contributed by atoms with E-state index in [9.17, 15) is 4.79 Å². The van der Waals surface area contributed by atoms with Crippen LogP contribution in [0.25, 0.3) is 11.0 Å². The smallest absolute Gasteiger partial charge is 0.339 e. The van der Waals surface area contributed by atoms with Crippen LogP contribution in [0.15, 0.2) is 42.4 Å². The predicted molar refractivity (Wildman–Crippen MR) is 113 cm³/mol. The molecule has 0 unspecified atom stereocenters. The van der Waals surface area contributed by atoms with Gasteiger partial charge in [0.15, 0.2) is 6.73 Å². The minimum atomic E-state index is -0.186. The fourth-order valence-electron chi connectivity index (χ4n) is 4.23. The van der Waals surface area contributed by atoms with E-state index in [-0.39, 0.29) is 5.63 Å². The fourth-order valence-corrected chi connectivity index (χ4v) is 5.53. The molecule has 2 aromatic carbocycles. The van der Waals surface area contributed by atoms with Crippen molar-refractivity contribution in [1.82, 2.24) is 0 Å².